The van der Waals surface area contributed by atoms with Crippen molar-refractivity contribution in [3.05, 3.63) is 0 Å². The summed E-state index contributed by atoms with van der Waals surface area (Å²) in [7, 11) is 0. The van der Waals surface area contributed by atoms with Crippen LogP contribution in [0.15, 0.2) is 0 Å². The maximum Gasteiger partial charge on any atom is 0.224 e. The van der Waals surface area contributed by atoms with E-state index >= 15 is 0 Å². The minimum atomic E-state index is -0.0348. The fraction of sp³-hybridized carbons (Fsp3) is 0.909. The van der Waals surface area contributed by atoms with Gasteiger partial charge in [0, 0.05) is 25.4 Å². The van der Waals surface area contributed by atoms with E-state index in [2.05, 4.69) is 12.2 Å². The van der Waals surface area contributed by atoms with Crippen LogP contribution in [0.1, 0.15) is 26.2 Å². The van der Waals surface area contributed by atoms with Crippen LogP contribution in [0.4, 0.5) is 0 Å². The Morgan fingerprint density at radius 3 is 2.81 bits per heavy atom. The first-order valence-corrected chi connectivity index (χ1v) is 7.08. The molecule has 0 aromatic rings. The van der Waals surface area contributed by atoms with Gasteiger partial charge >= 0.3 is 0 Å². The molecule has 16 heavy (non-hydrogen) atoms. The van der Waals surface area contributed by atoms with Crippen molar-refractivity contribution >= 4 is 17.7 Å². The molecule has 0 aromatic carbocycles. The standard InChI is InChI=1S/C11H24N2O2S/c1-2-4-10(9-12)11(15)13-5-8-16-7-3-6-14/h10,14H,2-9,12H2,1H3,(H,13,15). The van der Waals surface area contributed by atoms with Crippen molar-refractivity contribution in [2.75, 3.05) is 31.2 Å². The summed E-state index contributed by atoms with van der Waals surface area (Å²) in [5.41, 5.74) is 5.54. The number of hydrogen-bond donors (Lipinski definition) is 3. The molecule has 0 spiro atoms. The van der Waals surface area contributed by atoms with Gasteiger partial charge in [-0.3, -0.25) is 4.79 Å². The number of nitrogens with one attached hydrogen (secondary N) is 1. The third-order valence-electron chi connectivity index (χ3n) is 2.28. The molecule has 0 heterocycles. The SMILES string of the molecule is CCCC(CN)C(=O)NCCSCCCO. The zero-order chi connectivity index (χ0) is 12.2. The maximum absolute atomic E-state index is 11.6. The number of nitrogens with two attached hydrogens (primary N) is 1. The monoisotopic (exact) mass is 248 g/mol. The average Bonchev–Trinajstić information content (AvgIpc) is 2.30. The van der Waals surface area contributed by atoms with Gasteiger partial charge in [-0.25, -0.2) is 0 Å². The van der Waals surface area contributed by atoms with Gasteiger partial charge in [0.05, 0.1) is 5.92 Å². The van der Waals surface area contributed by atoms with Crippen LogP contribution in [-0.2, 0) is 4.79 Å². The van der Waals surface area contributed by atoms with Crippen LogP contribution in [-0.4, -0.2) is 42.2 Å². The third-order valence-corrected chi connectivity index (χ3v) is 3.36. The molecule has 0 aliphatic rings. The molecule has 0 aliphatic heterocycles. The van der Waals surface area contributed by atoms with E-state index in [1.165, 1.54) is 0 Å². The molecule has 96 valence electrons. The molecule has 0 saturated heterocycles. The van der Waals surface area contributed by atoms with Gasteiger partial charge in [-0.05, 0) is 18.6 Å². The van der Waals surface area contributed by atoms with Crippen molar-refractivity contribution in [3.63, 3.8) is 0 Å². The van der Waals surface area contributed by atoms with Gasteiger partial charge in [-0.2, -0.15) is 11.8 Å². The minimum absolute atomic E-state index is 0.0348. The molecule has 4 nitrogen and oxygen atoms in total. The molecule has 0 fully saturated rings. The van der Waals surface area contributed by atoms with E-state index in [-0.39, 0.29) is 18.4 Å². The van der Waals surface area contributed by atoms with Gasteiger partial charge in [0.2, 0.25) is 5.91 Å². The molecule has 0 aromatic heterocycles. The first kappa shape index (κ1) is 15.7. The highest BCUT2D eigenvalue weighted by molar-refractivity contribution is 7.99. The van der Waals surface area contributed by atoms with Gasteiger partial charge in [-0.15, -0.1) is 0 Å². The first-order chi connectivity index (χ1) is 7.76. The van der Waals surface area contributed by atoms with Crippen LogP contribution in [0, 0.1) is 5.92 Å². The van der Waals surface area contributed by atoms with Gasteiger partial charge in [-0.1, -0.05) is 13.3 Å². The summed E-state index contributed by atoms with van der Waals surface area (Å²) in [6.07, 6.45) is 2.67. The van der Waals surface area contributed by atoms with E-state index in [4.69, 9.17) is 10.8 Å². The van der Waals surface area contributed by atoms with Crippen molar-refractivity contribution in [2.45, 2.75) is 26.2 Å². The van der Waals surface area contributed by atoms with E-state index in [1.807, 2.05) is 0 Å². The zero-order valence-corrected chi connectivity index (χ0v) is 10.9. The van der Waals surface area contributed by atoms with Gasteiger partial charge in [0.25, 0.3) is 0 Å². The molecule has 1 amide bonds. The van der Waals surface area contributed by atoms with Crippen molar-refractivity contribution in [1.82, 2.24) is 5.32 Å². The number of rotatable bonds is 10. The van der Waals surface area contributed by atoms with Crippen LogP contribution >= 0.6 is 11.8 Å². The van der Waals surface area contributed by atoms with Crippen LogP contribution in [0.2, 0.25) is 0 Å². The molecule has 0 radical (unpaired) electrons. The normalized spacial score (nSPS) is 12.4. The lowest BCUT2D eigenvalue weighted by molar-refractivity contribution is -0.124. The smallest absolute Gasteiger partial charge is 0.224 e. The summed E-state index contributed by atoms with van der Waals surface area (Å²) in [5, 5.41) is 11.5. The molecule has 5 heteroatoms. The number of carbonyl (C=O) groups excluding carboxylic acids is 1. The summed E-state index contributed by atoms with van der Waals surface area (Å²) in [5.74, 6) is 1.89. The predicted octanol–water partition coefficient (Wildman–Crippen LogP) is 0.593. The molecular weight excluding hydrogens is 224 g/mol. The van der Waals surface area contributed by atoms with Crippen LogP contribution in [0.3, 0.4) is 0 Å². The second-order valence-corrected chi connectivity index (χ2v) is 4.93. The Morgan fingerprint density at radius 1 is 1.50 bits per heavy atom. The first-order valence-electron chi connectivity index (χ1n) is 5.92. The third kappa shape index (κ3) is 7.96. The number of hydrogen-bond acceptors (Lipinski definition) is 4. The molecule has 0 rings (SSSR count). The maximum atomic E-state index is 11.6. The molecular formula is C11H24N2O2S. The minimum Gasteiger partial charge on any atom is -0.396 e. The summed E-state index contributed by atoms with van der Waals surface area (Å²) in [6.45, 7) is 3.41. The lowest BCUT2D eigenvalue weighted by Crippen LogP contribution is -2.36. The van der Waals surface area contributed by atoms with E-state index in [9.17, 15) is 4.79 Å². The van der Waals surface area contributed by atoms with Crippen LogP contribution in [0.25, 0.3) is 0 Å². The fourth-order valence-electron chi connectivity index (χ4n) is 1.36. The van der Waals surface area contributed by atoms with E-state index < -0.39 is 0 Å². The summed E-state index contributed by atoms with van der Waals surface area (Å²) in [6, 6.07) is 0. The van der Waals surface area contributed by atoms with E-state index in [0.717, 1.165) is 30.8 Å². The second kappa shape index (κ2) is 11.2. The van der Waals surface area contributed by atoms with Crippen molar-refractivity contribution in [2.24, 2.45) is 11.7 Å². The van der Waals surface area contributed by atoms with E-state index in [0.29, 0.717) is 13.1 Å². The quantitative estimate of drug-likeness (QED) is 0.495. The molecule has 0 saturated carbocycles. The van der Waals surface area contributed by atoms with E-state index in [1.54, 1.807) is 11.8 Å². The molecule has 1 unspecified atom stereocenters. The predicted molar refractivity (Wildman–Crippen MR) is 69.5 cm³/mol. The van der Waals surface area contributed by atoms with Crippen LogP contribution in [0.5, 0.6) is 0 Å². The number of thioether (sulfide) groups is 1. The Morgan fingerprint density at radius 2 is 2.25 bits per heavy atom. The van der Waals surface area contributed by atoms with Crippen molar-refractivity contribution in [1.29, 1.82) is 0 Å². The van der Waals surface area contributed by atoms with Crippen molar-refractivity contribution < 1.29 is 9.90 Å². The van der Waals surface area contributed by atoms with Crippen LogP contribution < -0.4 is 11.1 Å². The summed E-state index contributed by atoms with van der Waals surface area (Å²) in [4.78, 5) is 11.6. The Kier molecular flexibility index (Phi) is 11.0. The molecule has 1 atom stereocenters. The average molecular weight is 248 g/mol. The Hall–Kier alpha value is -0.260. The molecule has 0 bridgehead atoms. The highest BCUT2D eigenvalue weighted by Gasteiger charge is 2.14. The fourth-order valence-corrected chi connectivity index (χ4v) is 2.15. The Labute approximate surface area is 102 Å². The number of aliphatic hydroxyl groups is 1. The number of amides is 1. The highest BCUT2D eigenvalue weighted by Crippen LogP contribution is 2.05. The molecule has 4 N–H and O–H groups in total. The summed E-state index contributed by atoms with van der Waals surface area (Å²) < 4.78 is 0. The Balaban J connectivity index is 3.47. The Bertz CT molecular complexity index is 179. The topological polar surface area (TPSA) is 75.4 Å². The zero-order valence-electron chi connectivity index (χ0n) is 10.1. The van der Waals surface area contributed by atoms with Gasteiger partial charge < -0.3 is 16.2 Å². The lowest BCUT2D eigenvalue weighted by atomic mass is 10.0. The summed E-state index contributed by atoms with van der Waals surface area (Å²) >= 11 is 1.75. The largest absolute Gasteiger partial charge is 0.396 e. The molecule has 0 aliphatic carbocycles. The highest BCUT2D eigenvalue weighted by atomic mass is 32.2. The number of carbonyl (C=O) groups is 1. The number of aliphatic hydroxyl groups excluding tert-OH is 1. The van der Waals surface area contributed by atoms with Gasteiger partial charge in [0.15, 0.2) is 0 Å². The van der Waals surface area contributed by atoms with Crippen molar-refractivity contribution in [3.8, 4) is 0 Å². The van der Waals surface area contributed by atoms with Gasteiger partial charge in [0.1, 0.15) is 0 Å². The lowest BCUT2D eigenvalue weighted by Gasteiger charge is -2.13. The second-order valence-electron chi connectivity index (χ2n) is 3.70.